The Hall–Kier alpha value is -2.63. The molecule has 4 rings (SSSR count). The van der Waals surface area contributed by atoms with Crippen molar-refractivity contribution >= 4 is 17.2 Å². The van der Waals surface area contributed by atoms with Gasteiger partial charge in [0.2, 0.25) is 0 Å². The lowest BCUT2D eigenvalue weighted by molar-refractivity contribution is 0.0727. The highest BCUT2D eigenvalue weighted by molar-refractivity contribution is 7.10. The third kappa shape index (κ3) is 4.69. The van der Waals surface area contributed by atoms with Crippen molar-refractivity contribution in [2.45, 2.75) is 25.5 Å². The van der Waals surface area contributed by atoms with Gasteiger partial charge in [0, 0.05) is 30.0 Å². The molecule has 1 aliphatic heterocycles. The van der Waals surface area contributed by atoms with Gasteiger partial charge in [-0.1, -0.05) is 36.4 Å². The maximum atomic E-state index is 12.8. The molecule has 0 spiro atoms. The molecule has 0 bridgehead atoms. The fourth-order valence-electron chi connectivity index (χ4n) is 3.69. The average molecular weight is 407 g/mol. The second kappa shape index (κ2) is 9.25. The van der Waals surface area contributed by atoms with Gasteiger partial charge in [-0.05, 0) is 60.8 Å². The molecule has 29 heavy (non-hydrogen) atoms. The maximum absolute atomic E-state index is 12.8. The topological polar surface area (TPSA) is 41.6 Å². The summed E-state index contributed by atoms with van der Waals surface area (Å²) in [5.74, 6) is 0.982. The van der Waals surface area contributed by atoms with E-state index < -0.39 is 0 Å². The first kappa shape index (κ1) is 19.7. The Morgan fingerprint density at radius 1 is 1.10 bits per heavy atom. The number of benzene rings is 2. The van der Waals surface area contributed by atoms with E-state index in [9.17, 15) is 4.79 Å². The Labute approximate surface area is 176 Å². The summed E-state index contributed by atoms with van der Waals surface area (Å²) in [6, 6.07) is 20.2. The fourth-order valence-corrected chi connectivity index (χ4v) is 4.48. The first-order valence-corrected chi connectivity index (χ1v) is 10.9. The molecule has 0 radical (unpaired) electrons. The molecular weight excluding hydrogens is 380 g/mol. The molecule has 0 saturated carbocycles. The van der Waals surface area contributed by atoms with Crippen molar-refractivity contribution in [2.24, 2.45) is 0 Å². The Morgan fingerprint density at radius 2 is 1.93 bits per heavy atom. The molecular formula is C24H26N2O2S. The zero-order chi connectivity index (χ0) is 20.1. The molecule has 3 aromatic rings. The van der Waals surface area contributed by atoms with Crippen LogP contribution < -0.4 is 10.1 Å². The number of carbonyl (C=O) groups is 1. The van der Waals surface area contributed by atoms with E-state index in [0.29, 0.717) is 6.54 Å². The minimum Gasteiger partial charge on any atom is -0.485 e. The molecule has 4 nitrogen and oxygen atoms in total. The molecule has 2 aromatic carbocycles. The number of nitrogens with one attached hydrogen (secondary N) is 1. The number of amides is 1. The number of fused-ring (bicyclic) bond motifs is 1. The van der Waals surface area contributed by atoms with Gasteiger partial charge in [-0.15, -0.1) is 11.3 Å². The van der Waals surface area contributed by atoms with Gasteiger partial charge in [0.15, 0.2) is 0 Å². The Kier molecular flexibility index (Phi) is 6.27. The van der Waals surface area contributed by atoms with E-state index in [4.69, 9.17) is 4.74 Å². The van der Waals surface area contributed by atoms with Crippen LogP contribution in [0.15, 0.2) is 66.0 Å². The first-order chi connectivity index (χ1) is 14.2. The predicted molar refractivity (Wildman–Crippen MR) is 118 cm³/mol. The van der Waals surface area contributed by atoms with E-state index >= 15 is 0 Å². The summed E-state index contributed by atoms with van der Waals surface area (Å²) < 4.78 is 6.26. The molecule has 150 valence electrons. The number of thiophene rings is 1. The van der Waals surface area contributed by atoms with Crippen LogP contribution in [0.1, 0.15) is 38.9 Å². The van der Waals surface area contributed by atoms with Crippen molar-refractivity contribution in [2.75, 3.05) is 20.1 Å². The van der Waals surface area contributed by atoms with Crippen LogP contribution in [-0.2, 0) is 13.0 Å². The number of carbonyl (C=O) groups excluding carboxylic acids is 1. The lowest BCUT2D eigenvalue weighted by Crippen LogP contribution is -2.36. The minimum absolute atomic E-state index is 0.0495. The van der Waals surface area contributed by atoms with Crippen LogP contribution in [0.4, 0.5) is 0 Å². The van der Waals surface area contributed by atoms with E-state index in [2.05, 4.69) is 41.0 Å². The molecule has 1 aromatic heterocycles. The highest BCUT2D eigenvalue weighted by atomic mass is 32.1. The summed E-state index contributed by atoms with van der Waals surface area (Å²) in [5.41, 5.74) is 3.11. The molecule has 1 amide bonds. The molecule has 0 fully saturated rings. The zero-order valence-electron chi connectivity index (χ0n) is 16.6. The molecule has 1 N–H and O–H groups in total. The number of rotatable bonds is 8. The Bertz CT molecular complexity index is 938. The second-order valence-corrected chi connectivity index (χ2v) is 8.27. The van der Waals surface area contributed by atoms with E-state index in [0.717, 1.165) is 48.4 Å². The number of ether oxygens (including phenoxy) is 1. The average Bonchev–Trinajstić information content (AvgIpc) is 3.29. The van der Waals surface area contributed by atoms with E-state index in [1.54, 1.807) is 11.3 Å². The van der Waals surface area contributed by atoms with Crippen molar-refractivity contribution in [3.05, 3.63) is 87.6 Å². The van der Waals surface area contributed by atoms with E-state index in [1.807, 2.05) is 42.3 Å². The van der Waals surface area contributed by atoms with Crippen LogP contribution in [0.2, 0.25) is 0 Å². The second-order valence-electron chi connectivity index (χ2n) is 7.29. The summed E-state index contributed by atoms with van der Waals surface area (Å²) in [7, 11) is 1.96. The van der Waals surface area contributed by atoms with Gasteiger partial charge >= 0.3 is 0 Å². The lowest BCUT2D eigenvalue weighted by Gasteiger charge is -2.28. The van der Waals surface area contributed by atoms with Crippen LogP contribution in [-0.4, -0.2) is 30.9 Å². The van der Waals surface area contributed by atoms with Gasteiger partial charge in [0.25, 0.3) is 5.91 Å². The van der Waals surface area contributed by atoms with Gasteiger partial charge in [0.1, 0.15) is 11.9 Å². The van der Waals surface area contributed by atoms with Gasteiger partial charge < -0.3 is 15.0 Å². The zero-order valence-corrected chi connectivity index (χ0v) is 17.5. The van der Waals surface area contributed by atoms with Crippen LogP contribution in [0.25, 0.3) is 0 Å². The summed E-state index contributed by atoms with van der Waals surface area (Å²) in [4.78, 5) is 15.9. The van der Waals surface area contributed by atoms with Crippen molar-refractivity contribution in [1.29, 1.82) is 0 Å². The summed E-state index contributed by atoms with van der Waals surface area (Å²) in [5, 5.41) is 5.28. The smallest absolute Gasteiger partial charge is 0.254 e. The summed E-state index contributed by atoms with van der Waals surface area (Å²) in [6.07, 6.45) is 1.88. The third-order valence-electron chi connectivity index (χ3n) is 5.28. The highest BCUT2D eigenvalue weighted by Gasteiger charge is 2.23. The van der Waals surface area contributed by atoms with Crippen LogP contribution >= 0.6 is 11.3 Å². The maximum Gasteiger partial charge on any atom is 0.254 e. The molecule has 0 aliphatic carbocycles. The van der Waals surface area contributed by atoms with Crippen molar-refractivity contribution in [3.8, 4) is 5.75 Å². The highest BCUT2D eigenvalue weighted by Crippen LogP contribution is 2.28. The summed E-state index contributed by atoms with van der Waals surface area (Å²) >= 11 is 1.72. The molecule has 1 aliphatic rings. The van der Waals surface area contributed by atoms with Gasteiger partial charge in [-0.3, -0.25) is 4.79 Å². The van der Waals surface area contributed by atoms with Crippen molar-refractivity contribution < 1.29 is 9.53 Å². The van der Waals surface area contributed by atoms with Gasteiger partial charge in [0.05, 0.1) is 0 Å². The number of nitrogens with zero attached hydrogens (tertiary/aromatic N) is 1. The van der Waals surface area contributed by atoms with Crippen LogP contribution in [0.3, 0.4) is 0 Å². The molecule has 2 heterocycles. The molecule has 5 heteroatoms. The SMILES string of the molecule is CNCCC(Oc1ccc(CN2CCc3ccccc3C2=O)cc1)c1cccs1. The van der Waals surface area contributed by atoms with E-state index in [-0.39, 0.29) is 12.0 Å². The van der Waals surface area contributed by atoms with Gasteiger partial charge in [-0.2, -0.15) is 0 Å². The van der Waals surface area contributed by atoms with Crippen LogP contribution in [0.5, 0.6) is 5.75 Å². The van der Waals surface area contributed by atoms with Crippen LogP contribution in [0, 0.1) is 0 Å². The monoisotopic (exact) mass is 406 g/mol. The molecule has 1 unspecified atom stereocenters. The standard InChI is InChI=1S/C24H26N2O2S/c1-25-14-12-22(23-7-4-16-29-23)28-20-10-8-18(9-11-20)17-26-15-13-19-5-2-3-6-21(19)24(26)27/h2-11,16,22,25H,12-15,17H2,1H3. The predicted octanol–water partition coefficient (Wildman–Crippen LogP) is 4.68. The Morgan fingerprint density at radius 3 is 2.69 bits per heavy atom. The van der Waals surface area contributed by atoms with Crippen molar-refractivity contribution in [1.82, 2.24) is 10.2 Å². The first-order valence-electron chi connectivity index (χ1n) is 10.1. The lowest BCUT2D eigenvalue weighted by atomic mass is 9.99. The fraction of sp³-hybridized carbons (Fsp3) is 0.292. The van der Waals surface area contributed by atoms with E-state index in [1.165, 1.54) is 4.88 Å². The summed E-state index contributed by atoms with van der Waals surface area (Å²) in [6.45, 7) is 2.29. The van der Waals surface area contributed by atoms with Crippen molar-refractivity contribution in [3.63, 3.8) is 0 Å². The Balaban J connectivity index is 1.41. The minimum atomic E-state index is 0.0495. The number of hydrogen-bond donors (Lipinski definition) is 1. The number of hydrogen-bond acceptors (Lipinski definition) is 4. The third-order valence-corrected chi connectivity index (χ3v) is 6.24. The molecule has 1 atom stereocenters. The van der Waals surface area contributed by atoms with Gasteiger partial charge in [-0.25, -0.2) is 0 Å². The largest absolute Gasteiger partial charge is 0.485 e. The quantitative estimate of drug-likeness (QED) is 0.591. The normalized spacial score (nSPS) is 14.5. The molecule has 0 saturated heterocycles.